The number of benzene rings is 2. The van der Waals surface area contributed by atoms with Gasteiger partial charge in [0.25, 0.3) is 5.91 Å². The summed E-state index contributed by atoms with van der Waals surface area (Å²) in [5.41, 5.74) is 3.02. The van der Waals surface area contributed by atoms with Crippen molar-refractivity contribution in [1.29, 1.82) is 0 Å². The number of rotatable bonds is 3. The number of fused-ring (bicyclic) bond motifs is 1. The van der Waals surface area contributed by atoms with Gasteiger partial charge < -0.3 is 19.3 Å². The monoisotopic (exact) mass is 384 g/mol. The van der Waals surface area contributed by atoms with E-state index in [1.807, 2.05) is 31.2 Å². The van der Waals surface area contributed by atoms with Gasteiger partial charge in [-0.05, 0) is 6.92 Å². The normalized spacial score (nSPS) is 13.1. The topological polar surface area (TPSA) is 73.6 Å². The Kier molecular flexibility index (Phi) is 4.73. The van der Waals surface area contributed by atoms with Crippen LogP contribution in [0.4, 0.5) is 5.69 Å². The number of halogens is 1. The van der Waals surface area contributed by atoms with Crippen LogP contribution in [0.3, 0.4) is 0 Å². The van der Waals surface area contributed by atoms with Crippen molar-refractivity contribution < 1.29 is 18.8 Å². The van der Waals surface area contributed by atoms with Crippen LogP contribution in [-0.4, -0.2) is 24.3 Å². The lowest BCUT2D eigenvalue weighted by molar-refractivity contribution is 0.0988. The number of ether oxygens (including phenoxy) is 2. The summed E-state index contributed by atoms with van der Waals surface area (Å²) in [6, 6.07) is 12.7. The van der Waals surface area contributed by atoms with Crippen LogP contribution >= 0.6 is 11.6 Å². The zero-order valence-electron chi connectivity index (χ0n) is 14.6. The molecule has 0 fully saturated rings. The quantitative estimate of drug-likeness (QED) is 0.707. The third kappa shape index (κ3) is 3.75. The maximum Gasteiger partial charge on any atom is 0.294 e. The molecule has 0 atom stereocenters. The van der Waals surface area contributed by atoms with Crippen LogP contribution in [0.5, 0.6) is 11.5 Å². The molecule has 1 aliphatic heterocycles. The van der Waals surface area contributed by atoms with E-state index in [0.29, 0.717) is 41.1 Å². The summed E-state index contributed by atoms with van der Waals surface area (Å²) in [6.45, 7) is 3.11. The number of aryl methyl sites for hydroxylation is 1. The molecule has 1 aliphatic rings. The summed E-state index contributed by atoms with van der Waals surface area (Å²) in [7, 11) is 0. The fourth-order valence-electron chi connectivity index (χ4n) is 2.71. The number of hydrogen-bond donors (Lipinski definition) is 1. The molecule has 4 rings (SSSR count). The highest BCUT2D eigenvalue weighted by atomic mass is 35.5. The van der Waals surface area contributed by atoms with Gasteiger partial charge in [-0.1, -0.05) is 46.6 Å². The number of amides is 1. The van der Waals surface area contributed by atoms with Gasteiger partial charge in [-0.2, -0.15) is 0 Å². The van der Waals surface area contributed by atoms with Gasteiger partial charge in [0, 0.05) is 30.2 Å². The number of hydrogen-bond acceptors (Lipinski definition) is 5. The summed E-state index contributed by atoms with van der Waals surface area (Å²) in [5.74, 6) is 0.757. The Labute approximate surface area is 161 Å². The predicted octanol–water partition coefficient (Wildman–Crippen LogP) is 4.72. The lowest BCUT2D eigenvalue weighted by Crippen LogP contribution is -2.11. The minimum absolute atomic E-state index is 0.0914. The third-order valence-corrected chi connectivity index (χ3v) is 4.48. The summed E-state index contributed by atoms with van der Waals surface area (Å²) in [6.07, 6.45) is 0.786. The number of carbonyl (C=O) groups excluding carboxylic acids is 1. The fraction of sp³-hybridized carbons (Fsp3) is 0.200. The van der Waals surface area contributed by atoms with E-state index in [2.05, 4.69) is 10.5 Å². The zero-order valence-corrected chi connectivity index (χ0v) is 15.4. The van der Waals surface area contributed by atoms with Gasteiger partial charge in [0.05, 0.1) is 23.9 Å². The number of nitrogens with one attached hydrogen (secondary N) is 1. The maximum absolute atomic E-state index is 12.5. The Morgan fingerprint density at radius 2 is 1.78 bits per heavy atom. The van der Waals surface area contributed by atoms with E-state index < -0.39 is 5.91 Å². The average molecular weight is 385 g/mol. The van der Waals surface area contributed by atoms with Crippen molar-refractivity contribution >= 4 is 23.2 Å². The maximum atomic E-state index is 12.5. The molecule has 0 radical (unpaired) electrons. The Bertz CT molecular complexity index is 982. The molecule has 6 nitrogen and oxygen atoms in total. The highest BCUT2D eigenvalue weighted by molar-refractivity contribution is 6.34. The van der Waals surface area contributed by atoms with Crippen molar-refractivity contribution in [3.05, 3.63) is 58.8 Å². The van der Waals surface area contributed by atoms with E-state index in [1.165, 1.54) is 0 Å². The Hall–Kier alpha value is -2.99. The van der Waals surface area contributed by atoms with E-state index in [0.717, 1.165) is 17.5 Å². The number of carbonyl (C=O) groups is 1. The smallest absolute Gasteiger partial charge is 0.294 e. The molecular weight excluding hydrogens is 368 g/mol. The van der Waals surface area contributed by atoms with Gasteiger partial charge in [0.1, 0.15) is 5.69 Å². The predicted molar refractivity (Wildman–Crippen MR) is 102 cm³/mol. The van der Waals surface area contributed by atoms with Gasteiger partial charge in [-0.3, -0.25) is 4.79 Å². The summed E-state index contributed by atoms with van der Waals surface area (Å²) in [4.78, 5) is 12.5. The lowest BCUT2D eigenvalue weighted by Gasteiger charge is -2.11. The molecule has 0 unspecified atom stereocenters. The molecule has 0 saturated carbocycles. The number of anilines is 1. The molecule has 7 heteroatoms. The molecule has 0 bridgehead atoms. The van der Waals surface area contributed by atoms with Crippen LogP contribution in [0.25, 0.3) is 11.3 Å². The first kappa shape index (κ1) is 17.4. The number of aromatic nitrogens is 1. The van der Waals surface area contributed by atoms with E-state index in [9.17, 15) is 4.79 Å². The van der Waals surface area contributed by atoms with Crippen LogP contribution in [0.15, 0.2) is 47.0 Å². The minimum atomic E-state index is -0.447. The molecule has 1 N–H and O–H groups in total. The second-order valence-corrected chi connectivity index (χ2v) is 6.63. The summed E-state index contributed by atoms with van der Waals surface area (Å²) in [5, 5.41) is 7.05. The molecule has 2 heterocycles. The molecule has 3 aromatic rings. The van der Waals surface area contributed by atoms with Crippen molar-refractivity contribution in [2.75, 3.05) is 18.5 Å². The highest BCUT2D eigenvalue weighted by Gasteiger charge is 2.19. The summed E-state index contributed by atoms with van der Waals surface area (Å²) >= 11 is 6.27. The molecule has 0 spiro atoms. The zero-order chi connectivity index (χ0) is 18.8. The van der Waals surface area contributed by atoms with Gasteiger partial charge in [-0.25, -0.2) is 0 Å². The third-order valence-electron chi connectivity index (χ3n) is 4.17. The fourth-order valence-corrected chi connectivity index (χ4v) is 2.91. The largest absolute Gasteiger partial charge is 0.490 e. The van der Waals surface area contributed by atoms with E-state index >= 15 is 0 Å². The summed E-state index contributed by atoms with van der Waals surface area (Å²) < 4.78 is 16.4. The van der Waals surface area contributed by atoms with E-state index in [-0.39, 0.29) is 5.76 Å². The molecule has 1 aromatic heterocycles. The van der Waals surface area contributed by atoms with Gasteiger partial charge in [0.15, 0.2) is 11.5 Å². The molecule has 1 amide bonds. The van der Waals surface area contributed by atoms with Crippen molar-refractivity contribution in [3.63, 3.8) is 0 Å². The molecule has 138 valence electrons. The van der Waals surface area contributed by atoms with E-state index in [4.69, 9.17) is 25.6 Å². The van der Waals surface area contributed by atoms with Crippen molar-refractivity contribution in [1.82, 2.24) is 5.16 Å². The van der Waals surface area contributed by atoms with Crippen LogP contribution in [-0.2, 0) is 0 Å². The molecule has 2 aromatic carbocycles. The molecule has 27 heavy (non-hydrogen) atoms. The second-order valence-electron chi connectivity index (χ2n) is 6.23. The Morgan fingerprint density at radius 1 is 1.07 bits per heavy atom. The van der Waals surface area contributed by atoms with Gasteiger partial charge in [-0.15, -0.1) is 0 Å². The SMILES string of the molecule is Cc1ccc(-c2cc(C(=O)Nc3cc4c(cc3Cl)OCCCO4)on2)cc1. The van der Waals surface area contributed by atoms with Crippen LogP contribution in [0, 0.1) is 6.92 Å². The van der Waals surface area contributed by atoms with Crippen molar-refractivity contribution in [2.24, 2.45) is 0 Å². The van der Waals surface area contributed by atoms with E-state index in [1.54, 1.807) is 18.2 Å². The standard InChI is InChI=1S/C20H17ClN2O4/c1-12-3-5-13(6-4-12)15-10-19(27-23-15)20(24)22-16-11-18-17(9-14(16)21)25-7-2-8-26-18/h3-6,9-11H,2,7-8H2,1H3,(H,22,24). The molecular formula is C20H17ClN2O4. The Morgan fingerprint density at radius 3 is 2.52 bits per heavy atom. The average Bonchev–Trinajstić information content (AvgIpc) is 3.05. The van der Waals surface area contributed by atoms with Crippen molar-refractivity contribution in [2.45, 2.75) is 13.3 Å². The second kappa shape index (κ2) is 7.32. The van der Waals surface area contributed by atoms with Gasteiger partial charge in [0.2, 0.25) is 5.76 Å². The molecule has 0 saturated heterocycles. The first-order chi connectivity index (χ1) is 13.1. The van der Waals surface area contributed by atoms with Crippen molar-refractivity contribution in [3.8, 4) is 22.8 Å². The molecule has 0 aliphatic carbocycles. The minimum Gasteiger partial charge on any atom is -0.490 e. The first-order valence-corrected chi connectivity index (χ1v) is 8.92. The first-order valence-electron chi connectivity index (χ1n) is 8.54. The van der Waals surface area contributed by atoms with Crippen LogP contribution < -0.4 is 14.8 Å². The Balaban J connectivity index is 1.54. The van der Waals surface area contributed by atoms with Crippen LogP contribution in [0.1, 0.15) is 22.5 Å². The van der Waals surface area contributed by atoms with Gasteiger partial charge >= 0.3 is 0 Å². The number of nitrogens with zero attached hydrogens (tertiary/aromatic N) is 1. The lowest BCUT2D eigenvalue weighted by atomic mass is 10.1. The highest BCUT2D eigenvalue weighted by Crippen LogP contribution is 2.37. The van der Waals surface area contributed by atoms with Crippen LogP contribution in [0.2, 0.25) is 5.02 Å².